The number of halogens is 1. The van der Waals surface area contributed by atoms with Crippen molar-refractivity contribution < 1.29 is 4.74 Å². The largest absolute Gasteiger partial charge is 0.377 e. The maximum absolute atomic E-state index is 5.65. The maximum atomic E-state index is 5.65. The Labute approximate surface area is 123 Å². The first-order chi connectivity index (χ1) is 8.72. The molecule has 0 saturated carbocycles. The van der Waals surface area contributed by atoms with Crippen molar-refractivity contribution in [3.63, 3.8) is 0 Å². The summed E-state index contributed by atoms with van der Waals surface area (Å²) >= 11 is 0. The quantitative estimate of drug-likeness (QED) is 0.757. The predicted molar refractivity (Wildman–Crippen MR) is 84.0 cm³/mol. The lowest BCUT2D eigenvalue weighted by Crippen LogP contribution is -2.34. The number of nitrogens with zero attached hydrogens (tertiary/aromatic N) is 1. The Balaban J connectivity index is 0.00000324. The van der Waals surface area contributed by atoms with Crippen LogP contribution in [0.3, 0.4) is 0 Å². The van der Waals surface area contributed by atoms with Gasteiger partial charge in [-0.1, -0.05) is 30.3 Å². The lowest BCUT2D eigenvalue weighted by molar-refractivity contribution is 0.0598. The minimum atomic E-state index is 0. The molecule has 0 unspecified atom stereocenters. The molecule has 0 amide bonds. The predicted octanol–water partition coefficient (Wildman–Crippen LogP) is 2.34. The van der Waals surface area contributed by atoms with E-state index in [1.165, 1.54) is 5.56 Å². The summed E-state index contributed by atoms with van der Waals surface area (Å²) in [6.45, 7) is 8.57. The van der Waals surface area contributed by atoms with Gasteiger partial charge in [-0.25, -0.2) is 0 Å². The molecular weight excluding hydrogens is 260 g/mol. The van der Waals surface area contributed by atoms with Gasteiger partial charge in [0.25, 0.3) is 0 Å². The Hall–Kier alpha value is -0.610. The van der Waals surface area contributed by atoms with Crippen molar-refractivity contribution in [3.8, 4) is 0 Å². The topological polar surface area (TPSA) is 38.5 Å². The van der Waals surface area contributed by atoms with Crippen LogP contribution in [0.4, 0.5) is 0 Å². The molecule has 0 fully saturated rings. The molecular formula is C15H27ClN2O. The third-order valence-electron chi connectivity index (χ3n) is 2.86. The summed E-state index contributed by atoms with van der Waals surface area (Å²) in [7, 11) is 0. The smallest absolute Gasteiger partial charge is 0.0596 e. The van der Waals surface area contributed by atoms with Crippen molar-refractivity contribution in [1.29, 1.82) is 0 Å². The zero-order chi connectivity index (χ0) is 13.2. The van der Waals surface area contributed by atoms with Crippen LogP contribution in [0.5, 0.6) is 0 Å². The monoisotopic (exact) mass is 286 g/mol. The zero-order valence-corrected chi connectivity index (χ0v) is 12.9. The van der Waals surface area contributed by atoms with E-state index >= 15 is 0 Å². The molecule has 0 atom stereocenters. The summed E-state index contributed by atoms with van der Waals surface area (Å²) in [5, 5.41) is 0. The highest BCUT2D eigenvalue weighted by atomic mass is 35.5. The second-order valence-electron chi connectivity index (χ2n) is 4.79. The third kappa shape index (κ3) is 9.00. The normalized spacial score (nSPS) is 10.8. The molecule has 0 heterocycles. The molecule has 0 aromatic heterocycles. The highest BCUT2D eigenvalue weighted by Gasteiger charge is 2.04. The zero-order valence-electron chi connectivity index (χ0n) is 12.0. The van der Waals surface area contributed by atoms with Crippen molar-refractivity contribution in [3.05, 3.63) is 35.9 Å². The number of rotatable bonds is 9. The van der Waals surface area contributed by atoms with Gasteiger partial charge in [-0.2, -0.15) is 0 Å². The molecule has 0 radical (unpaired) electrons. The molecule has 0 bridgehead atoms. The molecule has 2 N–H and O–H groups in total. The van der Waals surface area contributed by atoms with Crippen LogP contribution >= 0.6 is 12.4 Å². The standard InChI is InChI=1S/C15H26N2O.ClH/c1-14(2)18-13-12-17(11-9-16)10-8-15-6-4-3-5-7-15;/h3-7,14H,8-13,16H2,1-2H3;1H. The van der Waals surface area contributed by atoms with E-state index in [-0.39, 0.29) is 12.4 Å². The number of benzene rings is 1. The van der Waals surface area contributed by atoms with Crippen molar-refractivity contribution >= 4 is 12.4 Å². The average molecular weight is 287 g/mol. The first-order valence-corrected chi connectivity index (χ1v) is 6.80. The molecule has 0 spiro atoms. The van der Waals surface area contributed by atoms with E-state index in [2.05, 4.69) is 49.1 Å². The van der Waals surface area contributed by atoms with E-state index in [0.717, 1.165) is 32.7 Å². The van der Waals surface area contributed by atoms with Gasteiger partial charge in [0.15, 0.2) is 0 Å². The van der Waals surface area contributed by atoms with E-state index in [1.54, 1.807) is 0 Å². The molecule has 0 aliphatic rings. The Morgan fingerprint density at radius 3 is 2.37 bits per heavy atom. The molecule has 110 valence electrons. The Bertz CT molecular complexity index is 306. The van der Waals surface area contributed by atoms with Gasteiger partial charge in [-0.3, -0.25) is 4.90 Å². The molecule has 0 aliphatic heterocycles. The van der Waals surface area contributed by atoms with Crippen LogP contribution in [0.2, 0.25) is 0 Å². The first-order valence-electron chi connectivity index (χ1n) is 6.80. The van der Waals surface area contributed by atoms with Gasteiger partial charge < -0.3 is 10.5 Å². The van der Waals surface area contributed by atoms with E-state index in [4.69, 9.17) is 10.5 Å². The second kappa shape index (κ2) is 11.2. The van der Waals surface area contributed by atoms with Gasteiger partial charge in [0, 0.05) is 26.2 Å². The van der Waals surface area contributed by atoms with Crippen LogP contribution < -0.4 is 5.73 Å². The van der Waals surface area contributed by atoms with Crippen LogP contribution in [-0.2, 0) is 11.2 Å². The molecule has 3 nitrogen and oxygen atoms in total. The summed E-state index contributed by atoms with van der Waals surface area (Å²) in [5.74, 6) is 0. The van der Waals surface area contributed by atoms with Gasteiger partial charge in [0.2, 0.25) is 0 Å². The van der Waals surface area contributed by atoms with E-state index in [9.17, 15) is 0 Å². The second-order valence-corrected chi connectivity index (χ2v) is 4.79. The maximum Gasteiger partial charge on any atom is 0.0596 e. The lowest BCUT2D eigenvalue weighted by atomic mass is 10.1. The Morgan fingerprint density at radius 1 is 1.11 bits per heavy atom. The van der Waals surface area contributed by atoms with Crippen molar-refractivity contribution in [2.75, 3.05) is 32.8 Å². The molecule has 0 aliphatic carbocycles. The number of hydrogen-bond donors (Lipinski definition) is 1. The summed E-state index contributed by atoms with van der Waals surface area (Å²) in [5.41, 5.74) is 7.03. The fourth-order valence-electron chi connectivity index (χ4n) is 1.87. The van der Waals surface area contributed by atoms with Crippen molar-refractivity contribution in [1.82, 2.24) is 4.90 Å². The highest BCUT2D eigenvalue weighted by molar-refractivity contribution is 5.85. The van der Waals surface area contributed by atoms with Gasteiger partial charge in [-0.15, -0.1) is 12.4 Å². The van der Waals surface area contributed by atoms with Gasteiger partial charge in [0.05, 0.1) is 12.7 Å². The van der Waals surface area contributed by atoms with Gasteiger partial charge in [0.1, 0.15) is 0 Å². The molecule has 1 rings (SSSR count). The summed E-state index contributed by atoms with van der Waals surface area (Å²) in [6.07, 6.45) is 1.38. The van der Waals surface area contributed by atoms with Crippen LogP contribution in [-0.4, -0.2) is 43.8 Å². The minimum Gasteiger partial charge on any atom is -0.377 e. The summed E-state index contributed by atoms with van der Waals surface area (Å²) < 4.78 is 5.59. The van der Waals surface area contributed by atoms with E-state index in [0.29, 0.717) is 12.6 Å². The minimum absolute atomic E-state index is 0. The summed E-state index contributed by atoms with van der Waals surface area (Å²) in [6, 6.07) is 10.6. The Morgan fingerprint density at radius 2 is 1.79 bits per heavy atom. The molecule has 4 heteroatoms. The highest BCUT2D eigenvalue weighted by Crippen LogP contribution is 2.01. The average Bonchev–Trinajstić information content (AvgIpc) is 2.37. The van der Waals surface area contributed by atoms with Crippen LogP contribution in [0.15, 0.2) is 30.3 Å². The molecule has 19 heavy (non-hydrogen) atoms. The van der Waals surface area contributed by atoms with E-state index < -0.39 is 0 Å². The number of nitrogens with two attached hydrogens (primary N) is 1. The van der Waals surface area contributed by atoms with E-state index in [1.807, 2.05) is 0 Å². The molecule has 0 saturated heterocycles. The van der Waals surface area contributed by atoms with Crippen LogP contribution in [0.25, 0.3) is 0 Å². The van der Waals surface area contributed by atoms with Crippen LogP contribution in [0, 0.1) is 0 Å². The van der Waals surface area contributed by atoms with Crippen molar-refractivity contribution in [2.45, 2.75) is 26.4 Å². The number of hydrogen-bond acceptors (Lipinski definition) is 3. The summed E-state index contributed by atoms with van der Waals surface area (Å²) in [4.78, 5) is 2.37. The fourth-order valence-corrected chi connectivity index (χ4v) is 1.87. The SMILES string of the molecule is CC(C)OCCN(CCN)CCc1ccccc1.Cl. The first kappa shape index (κ1) is 18.4. The fraction of sp³-hybridized carbons (Fsp3) is 0.600. The lowest BCUT2D eigenvalue weighted by Gasteiger charge is -2.22. The van der Waals surface area contributed by atoms with Gasteiger partial charge >= 0.3 is 0 Å². The van der Waals surface area contributed by atoms with Crippen LogP contribution in [0.1, 0.15) is 19.4 Å². The molecule has 1 aromatic carbocycles. The van der Waals surface area contributed by atoms with Gasteiger partial charge in [-0.05, 0) is 25.8 Å². The third-order valence-corrected chi connectivity index (χ3v) is 2.86. The van der Waals surface area contributed by atoms with Crippen molar-refractivity contribution in [2.24, 2.45) is 5.73 Å². The molecule has 1 aromatic rings. The Kier molecular flexibility index (Phi) is 10.9. The number of ether oxygens (including phenoxy) is 1.